The smallest absolute Gasteiger partial charge is 0.193 e. The minimum Gasteiger partial charge on any atom is -0.396 e. The van der Waals surface area contributed by atoms with E-state index in [1.807, 2.05) is 80.6 Å². The second-order valence-electron chi connectivity index (χ2n) is 7.48. The minimum atomic E-state index is -0.0289. The van der Waals surface area contributed by atoms with Gasteiger partial charge < -0.3 is 10.4 Å². The van der Waals surface area contributed by atoms with Gasteiger partial charge >= 0.3 is 0 Å². The molecule has 4 aromatic rings. The first-order valence-corrected chi connectivity index (χ1v) is 10.2. The van der Waals surface area contributed by atoms with E-state index in [1.165, 1.54) is 0 Å². The molecule has 0 bridgehead atoms. The number of carbonyl (C=O) groups excluding carboxylic acids is 1. The lowest BCUT2D eigenvalue weighted by Crippen LogP contribution is -2.08. The molecule has 6 nitrogen and oxygen atoms in total. The zero-order chi connectivity index (χ0) is 21.8. The lowest BCUT2D eigenvalue weighted by molar-refractivity contribution is 0.103. The van der Waals surface area contributed by atoms with Crippen LogP contribution in [0.4, 0.5) is 11.4 Å². The Hall–Kier alpha value is -3.77. The van der Waals surface area contributed by atoms with Crippen LogP contribution in [0.15, 0.2) is 72.9 Å². The van der Waals surface area contributed by atoms with Crippen LogP contribution in [-0.4, -0.2) is 32.5 Å². The third-order valence-corrected chi connectivity index (χ3v) is 5.17. The number of hydrogen-bond acceptors (Lipinski definition) is 5. The molecule has 31 heavy (non-hydrogen) atoms. The number of rotatable bonds is 7. The Kier molecular flexibility index (Phi) is 5.91. The van der Waals surface area contributed by atoms with Gasteiger partial charge in [0.15, 0.2) is 5.78 Å². The molecule has 0 saturated carbocycles. The molecule has 0 radical (unpaired) electrons. The summed E-state index contributed by atoms with van der Waals surface area (Å²) >= 11 is 0. The predicted molar refractivity (Wildman–Crippen MR) is 121 cm³/mol. The molecule has 1 heterocycles. The Balaban J connectivity index is 1.61. The van der Waals surface area contributed by atoms with Crippen LogP contribution in [0.25, 0.3) is 5.69 Å². The van der Waals surface area contributed by atoms with Crippen molar-refractivity contribution in [1.82, 2.24) is 15.0 Å². The number of para-hydroxylation sites is 1. The van der Waals surface area contributed by atoms with Crippen molar-refractivity contribution < 1.29 is 9.90 Å². The molecule has 0 amide bonds. The molecule has 6 heteroatoms. The van der Waals surface area contributed by atoms with Crippen molar-refractivity contribution in [3.05, 3.63) is 101 Å². The van der Waals surface area contributed by atoms with Gasteiger partial charge in [-0.3, -0.25) is 4.79 Å². The molecular formula is C25H24N4O2. The number of nitrogens with zero attached hydrogens (tertiary/aromatic N) is 3. The SMILES string of the molecule is Cc1cc(Nc2ccccc2)ccc1C(=O)c1cc(-n2cc(CCO)nn2)ccc1C. The molecule has 0 aliphatic heterocycles. The molecule has 0 saturated heterocycles. The van der Waals surface area contributed by atoms with Gasteiger partial charge in [-0.15, -0.1) is 5.10 Å². The monoisotopic (exact) mass is 412 g/mol. The molecule has 0 fully saturated rings. The van der Waals surface area contributed by atoms with E-state index in [-0.39, 0.29) is 12.4 Å². The van der Waals surface area contributed by atoms with Crippen molar-refractivity contribution in [2.24, 2.45) is 0 Å². The molecule has 0 atom stereocenters. The van der Waals surface area contributed by atoms with Crippen molar-refractivity contribution in [3.8, 4) is 5.69 Å². The quantitative estimate of drug-likeness (QED) is 0.440. The Morgan fingerprint density at radius 1 is 0.935 bits per heavy atom. The molecule has 1 aromatic heterocycles. The van der Waals surface area contributed by atoms with E-state index < -0.39 is 0 Å². The molecule has 0 unspecified atom stereocenters. The van der Waals surface area contributed by atoms with Crippen LogP contribution in [0.1, 0.15) is 32.7 Å². The number of aryl methyl sites for hydroxylation is 2. The summed E-state index contributed by atoms with van der Waals surface area (Å²) in [7, 11) is 0. The summed E-state index contributed by atoms with van der Waals surface area (Å²) in [4.78, 5) is 13.4. The molecular weight excluding hydrogens is 388 g/mol. The first-order chi connectivity index (χ1) is 15.0. The molecule has 0 aliphatic carbocycles. The number of aromatic nitrogens is 3. The normalized spacial score (nSPS) is 10.8. The van der Waals surface area contributed by atoms with E-state index in [9.17, 15) is 4.79 Å². The average molecular weight is 412 g/mol. The summed E-state index contributed by atoms with van der Waals surface area (Å²) in [5.41, 5.74) is 6.49. The Labute approximate surface area is 181 Å². The van der Waals surface area contributed by atoms with Gasteiger partial charge in [0.05, 0.1) is 17.6 Å². The summed E-state index contributed by atoms with van der Waals surface area (Å²) in [5.74, 6) is -0.0289. The van der Waals surface area contributed by atoms with Crippen LogP contribution >= 0.6 is 0 Å². The van der Waals surface area contributed by atoms with E-state index >= 15 is 0 Å². The van der Waals surface area contributed by atoms with Crippen molar-refractivity contribution >= 4 is 17.2 Å². The summed E-state index contributed by atoms with van der Waals surface area (Å²) < 4.78 is 1.63. The number of aliphatic hydroxyl groups excluding tert-OH is 1. The molecule has 156 valence electrons. The lowest BCUT2D eigenvalue weighted by Gasteiger charge is -2.12. The van der Waals surface area contributed by atoms with Gasteiger partial charge in [-0.1, -0.05) is 29.5 Å². The van der Waals surface area contributed by atoms with Crippen molar-refractivity contribution in [3.63, 3.8) is 0 Å². The topological polar surface area (TPSA) is 80.0 Å². The fourth-order valence-corrected chi connectivity index (χ4v) is 3.48. The van der Waals surface area contributed by atoms with Gasteiger partial charge in [-0.05, 0) is 67.4 Å². The van der Waals surface area contributed by atoms with E-state index in [0.717, 1.165) is 28.2 Å². The Morgan fingerprint density at radius 2 is 1.74 bits per heavy atom. The van der Waals surface area contributed by atoms with E-state index in [2.05, 4.69) is 15.6 Å². The first kappa shape index (κ1) is 20.5. The van der Waals surface area contributed by atoms with Crippen molar-refractivity contribution in [1.29, 1.82) is 0 Å². The molecule has 3 aromatic carbocycles. The van der Waals surface area contributed by atoms with Crippen LogP contribution in [0, 0.1) is 13.8 Å². The minimum absolute atomic E-state index is 0.0186. The van der Waals surface area contributed by atoms with Gasteiger partial charge in [0.1, 0.15) is 0 Å². The highest BCUT2D eigenvalue weighted by Gasteiger charge is 2.16. The van der Waals surface area contributed by atoms with Gasteiger partial charge in [0.25, 0.3) is 0 Å². The summed E-state index contributed by atoms with van der Waals surface area (Å²) in [6, 6.07) is 21.4. The maximum atomic E-state index is 13.4. The standard InChI is InChI=1S/C25H24N4O2/c1-17-8-10-22(29-16-21(12-13-30)27-28-29)15-24(17)25(31)23-11-9-20(14-18(23)2)26-19-6-4-3-5-7-19/h3-11,14-16,26,30H,12-13H2,1-2H3. The van der Waals surface area contributed by atoms with Crippen LogP contribution in [0.5, 0.6) is 0 Å². The Bertz CT molecular complexity index is 1220. The van der Waals surface area contributed by atoms with Gasteiger partial charge in [-0.25, -0.2) is 4.68 Å². The van der Waals surface area contributed by atoms with Crippen LogP contribution in [-0.2, 0) is 6.42 Å². The third kappa shape index (κ3) is 4.54. The molecule has 0 aliphatic rings. The van der Waals surface area contributed by atoms with E-state index in [0.29, 0.717) is 23.2 Å². The number of nitrogens with one attached hydrogen (secondary N) is 1. The number of carbonyl (C=O) groups is 1. The summed E-state index contributed by atoms with van der Waals surface area (Å²) in [6.07, 6.45) is 2.21. The highest BCUT2D eigenvalue weighted by Crippen LogP contribution is 2.24. The highest BCUT2D eigenvalue weighted by molar-refractivity contribution is 6.11. The second kappa shape index (κ2) is 8.93. The zero-order valence-electron chi connectivity index (χ0n) is 17.5. The van der Waals surface area contributed by atoms with Gasteiger partial charge in [0, 0.05) is 35.5 Å². The third-order valence-electron chi connectivity index (χ3n) is 5.17. The maximum Gasteiger partial charge on any atom is 0.193 e. The number of benzene rings is 3. The highest BCUT2D eigenvalue weighted by atomic mass is 16.3. The van der Waals surface area contributed by atoms with Gasteiger partial charge in [0.2, 0.25) is 0 Å². The zero-order valence-corrected chi connectivity index (χ0v) is 17.5. The van der Waals surface area contributed by atoms with Crippen molar-refractivity contribution in [2.45, 2.75) is 20.3 Å². The fourth-order valence-electron chi connectivity index (χ4n) is 3.48. The summed E-state index contributed by atoms with van der Waals surface area (Å²) in [5, 5.41) is 20.6. The Morgan fingerprint density at radius 3 is 2.48 bits per heavy atom. The number of aliphatic hydroxyl groups is 1. The van der Waals surface area contributed by atoms with Crippen LogP contribution in [0.3, 0.4) is 0 Å². The van der Waals surface area contributed by atoms with Crippen LogP contribution < -0.4 is 5.32 Å². The fraction of sp³-hybridized carbons (Fsp3) is 0.160. The van der Waals surface area contributed by atoms with Gasteiger partial charge in [-0.2, -0.15) is 0 Å². The largest absolute Gasteiger partial charge is 0.396 e. The first-order valence-electron chi connectivity index (χ1n) is 10.2. The predicted octanol–water partition coefficient (Wildman–Crippen LogP) is 4.39. The van der Waals surface area contributed by atoms with E-state index in [4.69, 9.17) is 5.11 Å². The van der Waals surface area contributed by atoms with Crippen molar-refractivity contribution in [2.75, 3.05) is 11.9 Å². The number of anilines is 2. The maximum absolute atomic E-state index is 13.4. The molecule has 0 spiro atoms. The lowest BCUT2D eigenvalue weighted by atomic mass is 9.95. The summed E-state index contributed by atoms with van der Waals surface area (Å²) in [6.45, 7) is 3.89. The second-order valence-corrected chi connectivity index (χ2v) is 7.48. The number of ketones is 1. The average Bonchev–Trinajstić information content (AvgIpc) is 3.23. The van der Waals surface area contributed by atoms with E-state index in [1.54, 1.807) is 10.9 Å². The molecule has 4 rings (SSSR count). The van der Waals surface area contributed by atoms with Crippen LogP contribution in [0.2, 0.25) is 0 Å². The molecule has 2 N–H and O–H groups in total. The number of hydrogen-bond donors (Lipinski definition) is 2.